The first-order valence-corrected chi connectivity index (χ1v) is 6.30. The van der Waals surface area contributed by atoms with Gasteiger partial charge < -0.3 is 15.8 Å². The van der Waals surface area contributed by atoms with Crippen molar-refractivity contribution >= 4 is 11.3 Å². The van der Waals surface area contributed by atoms with Gasteiger partial charge in [-0.15, -0.1) is 11.3 Å². The van der Waals surface area contributed by atoms with Crippen molar-refractivity contribution in [2.45, 2.75) is 19.9 Å². The number of rotatable bonds is 8. The van der Waals surface area contributed by atoms with Crippen LogP contribution >= 0.6 is 11.3 Å². The first-order chi connectivity index (χ1) is 7.38. The zero-order chi connectivity index (χ0) is 10.9. The SMILES string of the molecule is CCc1ccsc1CNCCOCCN. The Morgan fingerprint density at radius 3 is 3.07 bits per heavy atom. The van der Waals surface area contributed by atoms with Crippen molar-refractivity contribution in [1.29, 1.82) is 0 Å². The van der Waals surface area contributed by atoms with Crippen LogP contribution in [0, 0.1) is 0 Å². The van der Waals surface area contributed by atoms with Crippen LogP contribution in [0.1, 0.15) is 17.4 Å². The largest absolute Gasteiger partial charge is 0.379 e. The average Bonchev–Trinajstić information content (AvgIpc) is 2.70. The fourth-order valence-corrected chi connectivity index (χ4v) is 2.31. The molecule has 0 fully saturated rings. The lowest BCUT2D eigenvalue weighted by atomic mass is 10.2. The van der Waals surface area contributed by atoms with Gasteiger partial charge in [0.1, 0.15) is 0 Å². The van der Waals surface area contributed by atoms with E-state index in [9.17, 15) is 0 Å². The van der Waals surface area contributed by atoms with Gasteiger partial charge in [-0.1, -0.05) is 6.92 Å². The predicted octanol–water partition coefficient (Wildman–Crippen LogP) is 1.38. The zero-order valence-electron chi connectivity index (χ0n) is 9.29. The number of aryl methyl sites for hydroxylation is 1. The van der Waals surface area contributed by atoms with E-state index in [0.717, 1.165) is 26.1 Å². The standard InChI is InChI=1S/C11H20N2OS/c1-2-10-3-8-15-11(10)9-13-5-7-14-6-4-12/h3,8,13H,2,4-7,9,12H2,1H3. The van der Waals surface area contributed by atoms with E-state index < -0.39 is 0 Å². The number of ether oxygens (including phenoxy) is 1. The van der Waals surface area contributed by atoms with Crippen LogP contribution in [0.25, 0.3) is 0 Å². The predicted molar refractivity (Wildman–Crippen MR) is 65.3 cm³/mol. The van der Waals surface area contributed by atoms with Crippen LogP contribution in [-0.2, 0) is 17.7 Å². The molecule has 1 rings (SSSR count). The summed E-state index contributed by atoms with van der Waals surface area (Å²) in [5.41, 5.74) is 6.77. The average molecular weight is 228 g/mol. The second kappa shape index (κ2) is 7.82. The summed E-state index contributed by atoms with van der Waals surface area (Å²) in [7, 11) is 0. The van der Waals surface area contributed by atoms with Crippen molar-refractivity contribution in [2.24, 2.45) is 5.73 Å². The summed E-state index contributed by atoms with van der Waals surface area (Å²) in [6, 6.07) is 2.20. The van der Waals surface area contributed by atoms with E-state index in [2.05, 4.69) is 23.7 Å². The summed E-state index contributed by atoms with van der Waals surface area (Å²) < 4.78 is 5.27. The molecule has 0 unspecified atom stereocenters. The first-order valence-electron chi connectivity index (χ1n) is 5.42. The second-order valence-electron chi connectivity index (χ2n) is 3.30. The molecule has 0 aliphatic heterocycles. The van der Waals surface area contributed by atoms with Gasteiger partial charge in [0.05, 0.1) is 13.2 Å². The van der Waals surface area contributed by atoms with Gasteiger partial charge >= 0.3 is 0 Å². The minimum atomic E-state index is 0.602. The molecular formula is C11H20N2OS. The smallest absolute Gasteiger partial charge is 0.0591 e. The maximum absolute atomic E-state index is 5.31. The molecule has 0 bridgehead atoms. The molecule has 0 saturated carbocycles. The summed E-state index contributed by atoms with van der Waals surface area (Å²) in [5, 5.41) is 5.52. The highest BCUT2D eigenvalue weighted by atomic mass is 32.1. The van der Waals surface area contributed by atoms with Gasteiger partial charge in [0, 0.05) is 24.5 Å². The summed E-state index contributed by atoms with van der Waals surface area (Å²) in [4.78, 5) is 1.44. The summed E-state index contributed by atoms with van der Waals surface area (Å²) >= 11 is 1.82. The molecule has 0 aliphatic rings. The van der Waals surface area contributed by atoms with Crippen molar-refractivity contribution in [3.63, 3.8) is 0 Å². The molecule has 15 heavy (non-hydrogen) atoms. The third-order valence-corrected chi connectivity index (χ3v) is 3.15. The molecule has 1 heterocycles. The molecular weight excluding hydrogens is 208 g/mol. The van der Waals surface area contributed by atoms with E-state index in [1.807, 2.05) is 11.3 Å². The van der Waals surface area contributed by atoms with Crippen molar-refractivity contribution < 1.29 is 4.74 Å². The number of thiophene rings is 1. The van der Waals surface area contributed by atoms with E-state index in [1.165, 1.54) is 10.4 Å². The molecule has 0 radical (unpaired) electrons. The Bertz CT molecular complexity index is 263. The summed E-state index contributed by atoms with van der Waals surface area (Å²) in [6.45, 7) is 6.03. The Hall–Kier alpha value is -0.420. The Kier molecular flexibility index (Phi) is 6.59. The van der Waals surface area contributed by atoms with Gasteiger partial charge in [0.25, 0.3) is 0 Å². The van der Waals surface area contributed by atoms with Gasteiger partial charge in [-0.3, -0.25) is 0 Å². The van der Waals surface area contributed by atoms with Crippen molar-refractivity contribution in [1.82, 2.24) is 5.32 Å². The molecule has 0 saturated heterocycles. The summed E-state index contributed by atoms with van der Waals surface area (Å²) in [6.07, 6.45) is 1.12. The molecule has 4 heteroatoms. The Balaban J connectivity index is 2.09. The van der Waals surface area contributed by atoms with Crippen molar-refractivity contribution in [2.75, 3.05) is 26.3 Å². The van der Waals surface area contributed by atoms with Crippen LogP contribution in [0.2, 0.25) is 0 Å². The highest BCUT2D eigenvalue weighted by molar-refractivity contribution is 7.10. The second-order valence-corrected chi connectivity index (χ2v) is 4.30. The molecule has 0 aromatic carbocycles. The Morgan fingerprint density at radius 2 is 2.33 bits per heavy atom. The molecule has 3 N–H and O–H groups in total. The lowest BCUT2D eigenvalue weighted by Crippen LogP contribution is -2.20. The third-order valence-electron chi connectivity index (χ3n) is 2.19. The molecule has 0 aliphatic carbocycles. The maximum atomic E-state index is 5.31. The fraction of sp³-hybridized carbons (Fsp3) is 0.636. The molecule has 3 nitrogen and oxygen atoms in total. The minimum Gasteiger partial charge on any atom is -0.379 e. The van der Waals surface area contributed by atoms with Crippen LogP contribution in [0.3, 0.4) is 0 Å². The lowest BCUT2D eigenvalue weighted by Gasteiger charge is -2.05. The van der Waals surface area contributed by atoms with E-state index in [-0.39, 0.29) is 0 Å². The third kappa shape index (κ3) is 4.75. The molecule has 1 aromatic heterocycles. The van der Waals surface area contributed by atoms with Gasteiger partial charge in [0.2, 0.25) is 0 Å². The van der Waals surface area contributed by atoms with E-state index >= 15 is 0 Å². The van der Waals surface area contributed by atoms with Crippen LogP contribution in [0.5, 0.6) is 0 Å². The van der Waals surface area contributed by atoms with Crippen molar-refractivity contribution in [3.05, 3.63) is 21.9 Å². The van der Waals surface area contributed by atoms with Gasteiger partial charge in [-0.25, -0.2) is 0 Å². The highest BCUT2D eigenvalue weighted by Crippen LogP contribution is 2.16. The number of hydrogen-bond donors (Lipinski definition) is 2. The Morgan fingerprint density at radius 1 is 1.47 bits per heavy atom. The molecule has 0 atom stereocenters. The highest BCUT2D eigenvalue weighted by Gasteiger charge is 2.00. The topological polar surface area (TPSA) is 47.3 Å². The normalized spacial score (nSPS) is 10.8. The van der Waals surface area contributed by atoms with E-state index in [1.54, 1.807) is 0 Å². The van der Waals surface area contributed by atoms with Crippen LogP contribution in [0.15, 0.2) is 11.4 Å². The monoisotopic (exact) mass is 228 g/mol. The molecule has 0 spiro atoms. The number of nitrogens with one attached hydrogen (secondary N) is 1. The number of nitrogens with two attached hydrogens (primary N) is 1. The van der Waals surface area contributed by atoms with Gasteiger partial charge in [-0.2, -0.15) is 0 Å². The van der Waals surface area contributed by atoms with E-state index in [0.29, 0.717) is 13.2 Å². The van der Waals surface area contributed by atoms with E-state index in [4.69, 9.17) is 10.5 Å². The first kappa shape index (κ1) is 12.6. The minimum absolute atomic E-state index is 0.602. The van der Waals surface area contributed by atoms with Gasteiger partial charge in [-0.05, 0) is 23.4 Å². The molecule has 1 aromatic rings. The maximum Gasteiger partial charge on any atom is 0.0591 e. The lowest BCUT2D eigenvalue weighted by molar-refractivity contribution is 0.143. The molecule has 0 amide bonds. The quantitative estimate of drug-likeness (QED) is 0.661. The van der Waals surface area contributed by atoms with Gasteiger partial charge in [0.15, 0.2) is 0 Å². The zero-order valence-corrected chi connectivity index (χ0v) is 10.1. The summed E-state index contributed by atoms with van der Waals surface area (Å²) in [5.74, 6) is 0. The number of hydrogen-bond acceptors (Lipinski definition) is 4. The fourth-order valence-electron chi connectivity index (χ4n) is 1.37. The van der Waals surface area contributed by atoms with Crippen LogP contribution < -0.4 is 11.1 Å². The van der Waals surface area contributed by atoms with Crippen LogP contribution in [-0.4, -0.2) is 26.3 Å². The Labute approximate surface area is 95.6 Å². The van der Waals surface area contributed by atoms with Crippen LogP contribution in [0.4, 0.5) is 0 Å². The van der Waals surface area contributed by atoms with Crippen molar-refractivity contribution in [3.8, 4) is 0 Å². The molecule has 86 valence electrons.